The number of benzene rings is 3. The molecule has 0 saturated heterocycles. The Bertz CT molecular complexity index is 1200. The third-order valence-electron chi connectivity index (χ3n) is 5.17. The number of aromatic nitrogens is 1. The normalized spacial score (nSPS) is 11.7. The van der Waals surface area contributed by atoms with Gasteiger partial charge in [-0.05, 0) is 29.7 Å². The molecule has 4 rings (SSSR count). The van der Waals surface area contributed by atoms with Crippen LogP contribution in [0.3, 0.4) is 0 Å². The molecule has 2 N–H and O–H groups in total. The van der Waals surface area contributed by atoms with Crippen molar-refractivity contribution in [1.29, 1.82) is 0 Å². The summed E-state index contributed by atoms with van der Waals surface area (Å²) in [4.78, 5) is 27.4. The van der Waals surface area contributed by atoms with E-state index in [0.29, 0.717) is 30.2 Å². The highest BCUT2D eigenvalue weighted by molar-refractivity contribution is 5.99. The number of fused-ring (bicyclic) bond motifs is 1. The molecule has 1 atom stereocenters. The van der Waals surface area contributed by atoms with Crippen molar-refractivity contribution in [2.24, 2.45) is 0 Å². The number of H-pyrrole nitrogens is 1. The van der Waals surface area contributed by atoms with Crippen LogP contribution in [0.15, 0.2) is 78.9 Å². The van der Waals surface area contributed by atoms with Gasteiger partial charge in [0.2, 0.25) is 0 Å². The number of rotatable bonds is 9. The van der Waals surface area contributed by atoms with Crippen LogP contribution in [0, 0.1) is 0 Å². The second-order valence-corrected chi connectivity index (χ2v) is 7.45. The van der Waals surface area contributed by atoms with Crippen LogP contribution in [0.1, 0.15) is 21.6 Å². The van der Waals surface area contributed by atoms with E-state index in [0.717, 1.165) is 28.3 Å². The fourth-order valence-electron chi connectivity index (χ4n) is 3.52. The quantitative estimate of drug-likeness (QED) is 0.390. The summed E-state index contributed by atoms with van der Waals surface area (Å²) in [7, 11) is 1.58. The SMILES string of the molecule is COc1cc2cc(C(=O)N[C@H](C=O)Cc3ccccc3)[nH]c2cc1OCc1ccccc1. The topological polar surface area (TPSA) is 80.4 Å². The molecule has 1 aromatic heterocycles. The summed E-state index contributed by atoms with van der Waals surface area (Å²) in [5.41, 5.74) is 3.12. The molecule has 3 aromatic carbocycles. The number of hydrogen-bond acceptors (Lipinski definition) is 4. The third-order valence-corrected chi connectivity index (χ3v) is 5.17. The molecule has 32 heavy (non-hydrogen) atoms. The maximum Gasteiger partial charge on any atom is 0.268 e. The Hall–Kier alpha value is -4.06. The predicted octanol–water partition coefficient (Wildman–Crippen LogP) is 4.30. The number of hydrogen-bond donors (Lipinski definition) is 2. The second kappa shape index (κ2) is 9.83. The van der Waals surface area contributed by atoms with Crippen LogP contribution in [0.4, 0.5) is 0 Å². The van der Waals surface area contributed by atoms with E-state index in [9.17, 15) is 9.59 Å². The molecule has 162 valence electrons. The van der Waals surface area contributed by atoms with Gasteiger partial charge >= 0.3 is 0 Å². The van der Waals surface area contributed by atoms with Gasteiger partial charge in [0.1, 0.15) is 18.6 Å². The lowest BCUT2D eigenvalue weighted by Crippen LogP contribution is -2.37. The zero-order valence-corrected chi connectivity index (χ0v) is 17.7. The van der Waals surface area contributed by atoms with Gasteiger partial charge in [0, 0.05) is 17.0 Å². The minimum absolute atomic E-state index is 0.347. The van der Waals surface area contributed by atoms with Crippen LogP contribution in [0.5, 0.6) is 11.5 Å². The molecule has 0 spiro atoms. The second-order valence-electron chi connectivity index (χ2n) is 7.45. The Balaban J connectivity index is 1.50. The van der Waals surface area contributed by atoms with E-state index in [2.05, 4.69) is 10.3 Å². The number of aldehydes is 1. The van der Waals surface area contributed by atoms with Crippen molar-refractivity contribution in [2.75, 3.05) is 7.11 Å². The Kier molecular flexibility index (Phi) is 6.51. The maximum absolute atomic E-state index is 12.8. The number of aromatic amines is 1. The van der Waals surface area contributed by atoms with Crippen molar-refractivity contribution >= 4 is 23.1 Å². The van der Waals surface area contributed by atoms with Gasteiger partial charge in [-0.25, -0.2) is 0 Å². The van der Waals surface area contributed by atoms with Crippen molar-refractivity contribution in [3.05, 3.63) is 95.7 Å². The molecule has 0 aliphatic carbocycles. The average Bonchev–Trinajstić information content (AvgIpc) is 3.26. The number of amides is 1. The number of carbonyl (C=O) groups excluding carboxylic acids is 2. The lowest BCUT2D eigenvalue weighted by Gasteiger charge is -2.12. The van der Waals surface area contributed by atoms with E-state index in [1.807, 2.05) is 72.8 Å². The van der Waals surface area contributed by atoms with E-state index in [1.54, 1.807) is 13.2 Å². The zero-order chi connectivity index (χ0) is 22.3. The Morgan fingerprint density at radius 2 is 1.66 bits per heavy atom. The molecule has 0 aliphatic rings. The molecule has 0 fully saturated rings. The third kappa shape index (κ3) is 4.98. The van der Waals surface area contributed by atoms with Crippen molar-refractivity contribution in [3.8, 4) is 11.5 Å². The van der Waals surface area contributed by atoms with E-state index >= 15 is 0 Å². The van der Waals surface area contributed by atoms with Gasteiger partial charge in [-0.15, -0.1) is 0 Å². The van der Waals surface area contributed by atoms with Crippen molar-refractivity contribution < 1.29 is 19.1 Å². The Morgan fingerprint density at radius 3 is 2.31 bits per heavy atom. The van der Waals surface area contributed by atoms with Gasteiger partial charge in [-0.3, -0.25) is 4.79 Å². The first-order valence-corrected chi connectivity index (χ1v) is 10.3. The van der Waals surface area contributed by atoms with Crippen molar-refractivity contribution in [2.45, 2.75) is 19.1 Å². The number of methoxy groups -OCH3 is 1. The standard InChI is InChI=1S/C26H24N2O4/c1-31-24-14-20-13-23(26(30)27-21(16-29)12-18-8-4-2-5-9-18)28-22(20)15-25(24)32-17-19-10-6-3-7-11-19/h2-11,13-16,21,28H,12,17H2,1H3,(H,27,30)/t21-/m0/s1. The molecule has 1 amide bonds. The van der Waals surface area contributed by atoms with Crippen LogP contribution >= 0.6 is 0 Å². The van der Waals surface area contributed by atoms with Gasteiger partial charge in [-0.2, -0.15) is 0 Å². The molecule has 0 bridgehead atoms. The molecular weight excluding hydrogens is 404 g/mol. The smallest absolute Gasteiger partial charge is 0.268 e. The summed E-state index contributed by atoms with van der Waals surface area (Å²) in [6, 6.07) is 24.2. The monoisotopic (exact) mass is 428 g/mol. The van der Waals surface area contributed by atoms with E-state index < -0.39 is 6.04 Å². The molecule has 0 aliphatic heterocycles. The predicted molar refractivity (Wildman–Crippen MR) is 123 cm³/mol. The van der Waals surface area contributed by atoms with Crippen LogP contribution in [-0.2, 0) is 17.8 Å². The lowest BCUT2D eigenvalue weighted by atomic mass is 10.1. The fourth-order valence-corrected chi connectivity index (χ4v) is 3.52. The highest BCUT2D eigenvalue weighted by atomic mass is 16.5. The number of ether oxygens (including phenoxy) is 2. The number of carbonyl (C=O) groups is 2. The highest BCUT2D eigenvalue weighted by Gasteiger charge is 2.17. The molecule has 0 unspecified atom stereocenters. The van der Waals surface area contributed by atoms with Gasteiger partial charge in [0.15, 0.2) is 11.5 Å². The van der Waals surface area contributed by atoms with Gasteiger partial charge < -0.3 is 24.6 Å². The lowest BCUT2D eigenvalue weighted by molar-refractivity contribution is -0.109. The molecule has 0 radical (unpaired) electrons. The largest absolute Gasteiger partial charge is 0.493 e. The Labute approximate surface area is 186 Å². The zero-order valence-electron chi connectivity index (χ0n) is 17.7. The van der Waals surface area contributed by atoms with E-state index in [-0.39, 0.29) is 5.91 Å². The van der Waals surface area contributed by atoms with Crippen LogP contribution in [0.25, 0.3) is 10.9 Å². The average molecular weight is 428 g/mol. The van der Waals surface area contributed by atoms with Crippen LogP contribution < -0.4 is 14.8 Å². The summed E-state index contributed by atoms with van der Waals surface area (Å²) in [6.07, 6.45) is 1.19. The first-order chi connectivity index (χ1) is 15.7. The van der Waals surface area contributed by atoms with Gasteiger partial charge in [0.25, 0.3) is 5.91 Å². The van der Waals surface area contributed by atoms with Crippen LogP contribution in [-0.4, -0.2) is 30.3 Å². The first-order valence-electron chi connectivity index (χ1n) is 10.3. The molecule has 4 aromatic rings. The van der Waals surface area contributed by atoms with Crippen molar-refractivity contribution in [3.63, 3.8) is 0 Å². The molecule has 6 nitrogen and oxygen atoms in total. The Morgan fingerprint density at radius 1 is 0.969 bits per heavy atom. The molecule has 6 heteroatoms. The summed E-state index contributed by atoms with van der Waals surface area (Å²) in [5.74, 6) is 0.807. The first kappa shape index (κ1) is 21.2. The molecule has 0 saturated carbocycles. The van der Waals surface area contributed by atoms with Gasteiger partial charge in [-0.1, -0.05) is 60.7 Å². The molecule has 1 heterocycles. The molecular formula is C26H24N2O4. The highest BCUT2D eigenvalue weighted by Crippen LogP contribution is 2.33. The minimum Gasteiger partial charge on any atom is -0.493 e. The van der Waals surface area contributed by atoms with E-state index in [1.165, 1.54) is 0 Å². The fraction of sp³-hybridized carbons (Fsp3) is 0.154. The number of nitrogens with one attached hydrogen (secondary N) is 2. The summed E-state index contributed by atoms with van der Waals surface area (Å²) in [6.45, 7) is 0.400. The summed E-state index contributed by atoms with van der Waals surface area (Å²) in [5, 5.41) is 3.59. The summed E-state index contributed by atoms with van der Waals surface area (Å²) >= 11 is 0. The maximum atomic E-state index is 12.8. The minimum atomic E-state index is -0.615. The van der Waals surface area contributed by atoms with Crippen molar-refractivity contribution in [1.82, 2.24) is 10.3 Å². The van der Waals surface area contributed by atoms with Gasteiger partial charge in [0.05, 0.1) is 13.2 Å². The summed E-state index contributed by atoms with van der Waals surface area (Å²) < 4.78 is 11.4. The van der Waals surface area contributed by atoms with E-state index in [4.69, 9.17) is 9.47 Å². The van der Waals surface area contributed by atoms with Crippen LogP contribution in [0.2, 0.25) is 0 Å².